The number of aromatic nitrogens is 3. The highest BCUT2D eigenvalue weighted by atomic mass is 32.1. The predicted molar refractivity (Wildman–Crippen MR) is 36.5 cm³/mol. The van der Waals surface area contributed by atoms with Gasteiger partial charge in [0.05, 0.1) is 11.7 Å². The van der Waals surface area contributed by atoms with Crippen LogP contribution in [0.4, 0.5) is 5.95 Å². The molecule has 0 fully saturated rings. The topological polar surface area (TPSA) is 50.7 Å². The first-order chi connectivity index (χ1) is 4.29. The molecule has 0 saturated heterocycles. The van der Waals surface area contributed by atoms with Crippen LogP contribution in [0.2, 0.25) is 0 Å². The van der Waals surface area contributed by atoms with Crippen LogP contribution in [0.25, 0.3) is 0 Å². The summed E-state index contributed by atoms with van der Waals surface area (Å²) in [7, 11) is 0. The molecule has 9 heavy (non-hydrogen) atoms. The fourth-order valence-corrected chi connectivity index (χ4v) is 0.762. The van der Waals surface area contributed by atoms with E-state index in [1.807, 2.05) is 13.8 Å². The summed E-state index contributed by atoms with van der Waals surface area (Å²) in [5.74, 6) is 0.620. The summed E-state index contributed by atoms with van der Waals surface area (Å²) >= 11 is 1.11. The zero-order valence-corrected chi connectivity index (χ0v) is 6.14. The van der Waals surface area contributed by atoms with Crippen LogP contribution in [0.15, 0.2) is 0 Å². The smallest absolute Gasteiger partial charge is 0.256 e. The summed E-state index contributed by atoms with van der Waals surface area (Å²) in [5.41, 5.74) is 0. The molecule has 0 aliphatic rings. The van der Waals surface area contributed by atoms with Gasteiger partial charge in [0.2, 0.25) is 0 Å². The van der Waals surface area contributed by atoms with Crippen LogP contribution < -0.4 is 5.32 Å². The Balaban J connectivity index is 2.48. The fourth-order valence-electron chi connectivity index (χ4n) is 0.446. The molecule has 5 heteroatoms. The molecule has 0 saturated carbocycles. The van der Waals surface area contributed by atoms with Crippen molar-refractivity contribution in [1.82, 2.24) is 14.0 Å². The van der Waals surface area contributed by atoms with Crippen LogP contribution in [-0.2, 0) is 0 Å². The molecule has 0 unspecified atom stereocenters. The van der Waals surface area contributed by atoms with Crippen molar-refractivity contribution in [3.63, 3.8) is 0 Å². The third-order valence-corrected chi connectivity index (χ3v) is 1.13. The normalized spacial score (nSPS) is 10.1. The molecule has 4 nitrogen and oxygen atoms in total. The minimum absolute atomic E-state index is 0.376. The van der Waals surface area contributed by atoms with Gasteiger partial charge < -0.3 is 5.32 Å². The van der Waals surface area contributed by atoms with E-state index in [0.717, 1.165) is 11.7 Å². The van der Waals surface area contributed by atoms with Crippen molar-refractivity contribution in [2.45, 2.75) is 19.9 Å². The number of rotatable bonds is 2. The van der Waals surface area contributed by atoms with Gasteiger partial charge in [-0.3, -0.25) is 0 Å². The van der Waals surface area contributed by atoms with Gasteiger partial charge in [-0.2, -0.15) is 0 Å². The van der Waals surface area contributed by atoms with E-state index in [4.69, 9.17) is 0 Å². The van der Waals surface area contributed by atoms with Crippen molar-refractivity contribution >= 4 is 17.7 Å². The van der Waals surface area contributed by atoms with Crippen LogP contribution in [0, 0.1) is 0 Å². The lowest BCUT2D eigenvalue weighted by Crippen LogP contribution is -2.10. The lowest BCUT2D eigenvalue weighted by Gasteiger charge is -2.01. The Bertz CT molecular complexity index is 159. The van der Waals surface area contributed by atoms with Gasteiger partial charge in [-0.1, -0.05) is 9.59 Å². The summed E-state index contributed by atoms with van der Waals surface area (Å²) in [5, 5.41) is 6.71. The minimum Gasteiger partial charge on any atom is -0.350 e. The second-order valence-corrected chi connectivity index (χ2v) is 2.49. The van der Waals surface area contributed by atoms with E-state index in [2.05, 4.69) is 19.3 Å². The van der Waals surface area contributed by atoms with Crippen molar-refractivity contribution in [3.05, 3.63) is 0 Å². The maximum Gasteiger partial charge on any atom is 0.256 e. The molecule has 1 N–H and O–H groups in total. The van der Waals surface area contributed by atoms with Gasteiger partial charge in [-0.25, -0.2) is 0 Å². The summed E-state index contributed by atoms with van der Waals surface area (Å²) in [6.07, 6.45) is 0. The molecule has 0 bridgehead atoms. The second kappa shape index (κ2) is 2.72. The lowest BCUT2D eigenvalue weighted by molar-refractivity contribution is 0.876. The number of anilines is 1. The summed E-state index contributed by atoms with van der Waals surface area (Å²) in [4.78, 5) is 0. The van der Waals surface area contributed by atoms with Gasteiger partial charge in [0.1, 0.15) is 0 Å². The molecule has 0 aromatic carbocycles. The van der Waals surface area contributed by atoms with Crippen LogP contribution in [0.3, 0.4) is 0 Å². The Hall–Kier alpha value is -0.710. The molecule has 1 aromatic heterocycles. The largest absolute Gasteiger partial charge is 0.350 e. The summed E-state index contributed by atoms with van der Waals surface area (Å²) in [6.45, 7) is 4.06. The number of hydrogen-bond donors (Lipinski definition) is 1. The van der Waals surface area contributed by atoms with Crippen LogP contribution in [0.1, 0.15) is 13.8 Å². The lowest BCUT2D eigenvalue weighted by atomic mass is 10.4. The molecule has 0 atom stereocenters. The molecule has 50 valence electrons. The van der Waals surface area contributed by atoms with E-state index in [-0.39, 0.29) is 0 Å². The van der Waals surface area contributed by atoms with Crippen molar-refractivity contribution in [2.75, 3.05) is 5.32 Å². The van der Waals surface area contributed by atoms with Crippen molar-refractivity contribution in [2.24, 2.45) is 0 Å². The van der Waals surface area contributed by atoms with E-state index in [1.165, 1.54) is 0 Å². The minimum atomic E-state index is 0.376. The Morgan fingerprint density at radius 2 is 2.33 bits per heavy atom. The Kier molecular flexibility index (Phi) is 1.94. The van der Waals surface area contributed by atoms with Gasteiger partial charge in [-0.15, -0.1) is 4.37 Å². The molecule has 0 amide bonds. The number of nitrogens with one attached hydrogen (secondary N) is 1. The third-order valence-electron chi connectivity index (χ3n) is 0.717. The Morgan fingerprint density at radius 1 is 1.56 bits per heavy atom. The number of hydrogen-bond acceptors (Lipinski definition) is 5. The molecular weight excluding hydrogens is 136 g/mol. The van der Waals surface area contributed by atoms with E-state index in [9.17, 15) is 0 Å². The first-order valence-electron chi connectivity index (χ1n) is 2.71. The van der Waals surface area contributed by atoms with Gasteiger partial charge in [0.25, 0.3) is 5.95 Å². The predicted octanol–water partition coefficient (Wildman–Crippen LogP) is 0.753. The highest BCUT2D eigenvalue weighted by Crippen LogP contribution is 1.97. The van der Waals surface area contributed by atoms with Gasteiger partial charge >= 0.3 is 0 Å². The molecule has 0 aliphatic heterocycles. The highest BCUT2D eigenvalue weighted by Gasteiger charge is 1.96. The highest BCUT2D eigenvalue weighted by molar-refractivity contribution is 6.99. The van der Waals surface area contributed by atoms with Crippen LogP contribution >= 0.6 is 11.7 Å². The van der Waals surface area contributed by atoms with Crippen molar-refractivity contribution in [1.29, 1.82) is 0 Å². The van der Waals surface area contributed by atoms with E-state index < -0.39 is 0 Å². The Labute approximate surface area is 57.6 Å². The average molecular weight is 144 g/mol. The second-order valence-electron chi connectivity index (χ2n) is 1.98. The Morgan fingerprint density at radius 3 is 2.78 bits per heavy atom. The summed E-state index contributed by atoms with van der Waals surface area (Å²) in [6, 6.07) is 0.376. The van der Waals surface area contributed by atoms with E-state index in [1.54, 1.807) is 0 Å². The maximum absolute atomic E-state index is 3.86. The van der Waals surface area contributed by atoms with E-state index in [0.29, 0.717) is 12.0 Å². The molecule has 0 aliphatic carbocycles. The molecule has 1 heterocycles. The zero-order valence-electron chi connectivity index (χ0n) is 5.33. The average Bonchev–Trinajstić information content (AvgIpc) is 2.15. The molecule has 0 radical (unpaired) electrons. The maximum atomic E-state index is 3.86. The van der Waals surface area contributed by atoms with Crippen molar-refractivity contribution < 1.29 is 0 Å². The van der Waals surface area contributed by atoms with Gasteiger partial charge in [-0.05, 0) is 13.8 Å². The van der Waals surface area contributed by atoms with Crippen molar-refractivity contribution in [3.8, 4) is 0 Å². The quantitative estimate of drug-likeness (QED) is 0.665. The molecule has 0 spiro atoms. The van der Waals surface area contributed by atoms with Crippen LogP contribution in [-0.4, -0.2) is 20.0 Å². The third kappa shape index (κ3) is 1.93. The van der Waals surface area contributed by atoms with Crippen LogP contribution in [0.5, 0.6) is 0 Å². The molecular formula is C4H8N4S. The zero-order chi connectivity index (χ0) is 6.69. The monoisotopic (exact) mass is 144 g/mol. The first-order valence-corrected chi connectivity index (χ1v) is 3.44. The SMILES string of the molecule is CC(C)Nc1nnsn1. The summed E-state index contributed by atoms with van der Waals surface area (Å²) < 4.78 is 7.46. The van der Waals surface area contributed by atoms with E-state index >= 15 is 0 Å². The number of nitrogens with zero attached hydrogens (tertiary/aromatic N) is 3. The fraction of sp³-hybridized carbons (Fsp3) is 0.750. The standard InChI is InChI=1S/C4H8N4S/c1-3(2)5-4-6-8-9-7-4/h3H,1-2H3,(H,5,7). The molecule has 1 aromatic rings. The van der Waals surface area contributed by atoms with Gasteiger partial charge in [0.15, 0.2) is 0 Å². The molecule has 1 rings (SSSR count). The van der Waals surface area contributed by atoms with Gasteiger partial charge in [0, 0.05) is 6.04 Å². The first kappa shape index (κ1) is 6.41.